The third-order valence-electron chi connectivity index (χ3n) is 4.28. The Morgan fingerprint density at radius 2 is 2.19 bits per heavy atom. The molecular weight excluding hydrogens is 262 g/mol. The normalized spacial score (nSPS) is 15.7. The zero-order valence-corrected chi connectivity index (χ0v) is 13.0. The first kappa shape index (κ1) is 14.2. The van der Waals surface area contributed by atoms with Crippen molar-refractivity contribution < 1.29 is 0 Å². The highest BCUT2D eigenvalue weighted by atomic mass is 15.2. The van der Waals surface area contributed by atoms with Gasteiger partial charge in [0.05, 0.1) is 6.20 Å². The van der Waals surface area contributed by atoms with Crippen LogP contribution < -0.4 is 10.2 Å². The molecule has 2 aromatic heterocycles. The van der Waals surface area contributed by atoms with E-state index in [1.165, 1.54) is 25.7 Å². The highest BCUT2D eigenvalue weighted by Gasteiger charge is 2.19. The Balaban J connectivity index is 1.85. The number of rotatable bonds is 6. The maximum absolute atomic E-state index is 4.78. The van der Waals surface area contributed by atoms with Gasteiger partial charge in [-0.1, -0.05) is 19.8 Å². The van der Waals surface area contributed by atoms with E-state index in [-0.39, 0.29) is 0 Å². The molecule has 2 aromatic rings. The summed E-state index contributed by atoms with van der Waals surface area (Å²) in [7, 11) is 2.14. The number of nitrogens with zero attached hydrogens (tertiary/aromatic N) is 4. The van der Waals surface area contributed by atoms with Gasteiger partial charge in [-0.25, -0.2) is 9.97 Å². The van der Waals surface area contributed by atoms with Gasteiger partial charge in [-0.2, -0.15) is 0 Å². The summed E-state index contributed by atoms with van der Waals surface area (Å²) in [6.07, 6.45) is 12.4. The van der Waals surface area contributed by atoms with Crippen LogP contribution in [-0.4, -0.2) is 34.5 Å². The van der Waals surface area contributed by atoms with Crippen molar-refractivity contribution in [1.82, 2.24) is 14.4 Å². The monoisotopic (exact) mass is 287 g/mol. The second-order valence-corrected chi connectivity index (χ2v) is 6.07. The molecule has 0 radical (unpaired) electrons. The summed E-state index contributed by atoms with van der Waals surface area (Å²) in [5.74, 6) is 2.71. The minimum atomic E-state index is 0.805. The summed E-state index contributed by atoms with van der Waals surface area (Å²) in [4.78, 5) is 11.5. The van der Waals surface area contributed by atoms with Gasteiger partial charge < -0.3 is 14.6 Å². The standard InChI is InChI=1S/C16H25N5/c1-3-8-17-14-12-21-10-9-18-15(21)16(19-14)20(2)11-13-6-4-5-7-13/h9-10,12-13,17H,3-8,11H2,1-2H3. The lowest BCUT2D eigenvalue weighted by Gasteiger charge is -2.23. The van der Waals surface area contributed by atoms with Gasteiger partial charge in [0.1, 0.15) is 5.82 Å². The molecule has 0 bridgehead atoms. The summed E-state index contributed by atoms with van der Waals surface area (Å²) < 4.78 is 2.06. The van der Waals surface area contributed by atoms with E-state index in [9.17, 15) is 0 Å². The van der Waals surface area contributed by atoms with Gasteiger partial charge in [0.15, 0.2) is 11.5 Å². The fraction of sp³-hybridized carbons (Fsp3) is 0.625. The van der Waals surface area contributed by atoms with Crippen LogP contribution in [0.25, 0.3) is 5.65 Å². The van der Waals surface area contributed by atoms with Gasteiger partial charge in [-0.05, 0) is 25.2 Å². The number of hydrogen-bond acceptors (Lipinski definition) is 4. The van der Waals surface area contributed by atoms with Crippen molar-refractivity contribution in [2.75, 3.05) is 30.4 Å². The Kier molecular flexibility index (Phi) is 4.27. The topological polar surface area (TPSA) is 45.5 Å². The molecule has 1 aliphatic carbocycles. The third-order valence-corrected chi connectivity index (χ3v) is 4.28. The van der Waals surface area contributed by atoms with Gasteiger partial charge >= 0.3 is 0 Å². The fourth-order valence-corrected chi connectivity index (χ4v) is 3.18. The van der Waals surface area contributed by atoms with Crippen molar-refractivity contribution in [1.29, 1.82) is 0 Å². The number of imidazole rings is 1. The Hall–Kier alpha value is -1.78. The molecule has 21 heavy (non-hydrogen) atoms. The van der Waals surface area contributed by atoms with Gasteiger partial charge in [0.25, 0.3) is 0 Å². The Bertz CT molecular complexity index is 585. The lowest BCUT2D eigenvalue weighted by atomic mass is 10.1. The predicted octanol–water partition coefficient (Wildman–Crippen LogP) is 3.18. The smallest absolute Gasteiger partial charge is 0.180 e. The summed E-state index contributed by atoms with van der Waals surface area (Å²) in [6, 6.07) is 0. The molecule has 114 valence electrons. The lowest BCUT2D eigenvalue weighted by Crippen LogP contribution is -2.26. The summed E-state index contributed by atoms with van der Waals surface area (Å²) in [6.45, 7) is 4.18. The van der Waals surface area contributed by atoms with Crippen LogP contribution in [0.2, 0.25) is 0 Å². The molecule has 3 rings (SSSR count). The number of aromatic nitrogens is 3. The van der Waals surface area contributed by atoms with E-state index in [0.29, 0.717) is 0 Å². The van der Waals surface area contributed by atoms with Crippen LogP contribution in [0.5, 0.6) is 0 Å². The first-order chi connectivity index (χ1) is 10.3. The Morgan fingerprint density at radius 3 is 2.95 bits per heavy atom. The average molecular weight is 287 g/mol. The fourth-order valence-electron chi connectivity index (χ4n) is 3.18. The zero-order valence-electron chi connectivity index (χ0n) is 13.0. The SMILES string of the molecule is CCCNc1cn2ccnc2c(N(C)CC2CCCC2)n1. The predicted molar refractivity (Wildman–Crippen MR) is 87.0 cm³/mol. The van der Waals surface area contributed by atoms with Gasteiger partial charge in [-0.3, -0.25) is 0 Å². The van der Waals surface area contributed by atoms with E-state index < -0.39 is 0 Å². The van der Waals surface area contributed by atoms with Crippen LogP contribution in [0.15, 0.2) is 18.6 Å². The molecule has 1 N–H and O–H groups in total. The average Bonchev–Trinajstić information content (AvgIpc) is 3.14. The van der Waals surface area contributed by atoms with Crippen LogP contribution in [0.4, 0.5) is 11.6 Å². The zero-order chi connectivity index (χ0) is 14.7. The van der Waals surface area contributed by atoms with E-state index in [1.54, 1.807) is 0 Å². The summed E-state index contributed by atoms with van der Waals surface area (Å²) in [5, 5.41) is 3.38. The first-order valence-corrected chi connectivity index (χ1v) is 8.06. The molecule has 0 aromatic carbocycles. The molecule has 0 atom stereocenters. The van der Waals surface area contributed by atoms with Crippen LogP contribution >= 0.6 is 0 Å². The molecule has 1 aliphatic rings. The van der Waals surface area contributed by atoms with E-state index in [2.05, 4.69) is 33.6 Å². The van der Waals surface area contributed by atoms with Crippen molar-refractivity contribution in [2.45, 2.75) is 39.0 Å². The van der Waals surface area contributed by atoms with Gasteiger partial charge in [0.2, 0.25) is 0 Å². The maximum Gasteiger partial charge on any atom is 0.180 e. The lowest BCUT2D eigenvalue weighted by molar-refractivity contribution is 0.545. The second kappa shape index (κ2) is 6.33. The minimum Gasteiger partial charge on any atom is -0.369 e. The first-order valence-electron chi connectivity index (χ1n) is 8.06. The van der Waals surface area contributed by atoms with Crippen LogP contribution in [-0.2, 0) is 0 Å². The van der Waals surface area contributed by atoms with Crippen molar-refractivity contribution in [3.8, 4) is 0 Å². The maximum atomic E-state index is 4.78. The van der Waals surface area contributed by atoms with E-state index in [0.717, 1.165) is 42.7 Å². The van der Waals surface area contributed by atoms with Crippen molar-refractivity contribution in [3.63, 3.8) is 0 Å². The third kappa shape index (κ3) is 3.12. The largest absolute Gasteiger partial charge is 0.369 e. The van der Waals surface area contributed by atoms with Gasteiger partial charge in [0, 0.05) is 32.5 Å². The molecule has 1 saturated carbocycles. The molecule has 0 saturated heterocycles. The van der Waals surface area contributed by atoms with Crippen LogP contribution in [0, 0.1) is 5.92 Å². The molecule has 2 heterocycles. The molecular formula is C16H25N5. The molecule has 1 fully saturated rings. The number of anilines is 2. The number of hydrogen-bond donors (Lipinski definition) is 1. The molecule has 5 nitrogen and oxygen atoms in total. The Morgan fingerprint density at radius 1 is 1.38 bits per heavy atom. The molecule has 0 spiro atoms. The van der Waals surface area contributed by atoms with Crippen LogP contribution in [0.3, 0.4) is 0 Å². The van der Waals surface area contributed by atoms with Gasteiger partial charge in [-0.15, -0.1) is 0 Å². The van der Waals surface area contributed by atoms with E-state index >= 15 is 0 Å². The van der Waals surface area contributed by atoms with E-state index in [1.807, 2.05) is 18.6 Å². The van der Waals surface area contributed by atoms with Crippen molar-refractivity contribution >= 4 is 17.3 Å². The highest BCUT2D eigenvalue weighted by Crippen LogP contribution is 2.28. The van der Waals surface area contributed by atoms with Crippen molar-refractivity contribution in [3.05, 3.63) is 18.6 Å². The highest BCUT2D eigenvalue weighted by molar-refractivity contribution is 5.66. The molecule has 5 heteroatoms. The van der Waals surface area contributed by atoms with Crippen LogP contribution in [0.1, 0.15) is 39.0 Å². The molecule has 0 amide bonds. The quantitative estimate of drug-likeness (QED) is 0.886. The summed E-state index contributed by atoms with van der Waals surface area (Å²) in [5.41, 5.74) is 0.942. The summed E-state index contributed by atoms with van der Waals surface area (Å²) >= 11 is 0. The number of nitrogens with one attached hydrogen (secondary N) is 1. The van der Waals surface area contributed by atoms with E-state index in [4.69, 9.17) is 4.98 Å². The molecule has 0 unspecified atom stereocenters. The second-order valence-electron chi connectivity index (χ2n) is 6.07. The number of fused-ring (bicyclic) bond motifs is 1. The molecule has 0 aliphatic heterocycles. The van der Waals surface area contributed by atoms with Crippen molar-refractivity contribution in [2.24, 2.45) is 5.92 Å². The minimum absolute atomic E-state index is 0.805. The Labute approximate surface area is 126 Å².